The van der Waals surface area contributed by atoms with Gasteiger partial charge in [0, 0.05) is 6.42 Å². The van der Waals surface area contributed by atoms with Crippen LogP contribution in [0.4, 0.5) is 4.39 Å². The molecule has 1 aliphatic rings. The Labute approximate surface area is 68.8 Å². The molecule has 0 spiro atoms. The largest absolute Gasteiger partial charge is 0.243 e. The van der Waals surface area contributed by atoms with Crippen molar-refractivity contribution in [3.8, 4) is 0 Å². The molecule has 0 aromatic rings. The van der Waals surface area contributed by atoms with Gasteiger partial charge in [0.05, 0.1) is 0 Å². The molecule has 1 unspecified atom stereocenters. The van der Waals surface area contributed by atoms with Crippen molar-refractivity contribution in [3.05, 3.63) is 23.8 Å². The zero-order valence-corrected chi connectivity index (χ0v) is 7.60. The summed E-state index contributed by atoms with van der Waals surface area (Å²) in [6.07, 6.45) is 6.38. The van der Waals surface area contributed by atoms with E-state index in [1.807, 2.05) is 13.0 Å². The van der Waals surface area contributed by atoms with Crippen molar-refractivity contribution in [2.75, 3.05) is 0 Å². The number of rotatable bonds is 0. The van der Waals surface area contributed by atoms with Crippen LogP contribution in [-0.2, 0) is 0 Å². The fourth-order valence-electron chi connectivity index (χ4n) is 0.784. The van der Waals surface area contributed by atoms with Crippen LogP contribution in [-0.4, -0.2) is 6.17 Å². The second-order valence-corrected chi connectivity index (χ2v) is 2.83. The lowest BCUT2D eigenvalue weighted by molar-refractivity contribution is 0.395. The fraction of sp³-hybridized carbons (Fsp3) is 0.600. The highest BCUT2D eigenvalue weighted by Gasteiger charge is 2.04. The molecule has 0 saturated carbocycles. The van der Waals surface area contributed by atoms with Crippen LogP contribution >= 0.6 is 0 Å². The highest BCUT2D eigenvalue weighted by atomic mass is 19.1. The molecule has 0 nitrogen and oxygen atoms in total. The Bertz CT molecular complexity index is 145. The Hall–Kier alpha value is -0.590. The molecule has 0 saturated heterocycles. The molecule has 1 atom stereocenters. The predicted molar refractivity (Wildman–Crippen MR) is 48.4 cm³/mol. The third-order valence-corrected chi connectivity index (χ3v) is 1.22. The van der Waals surface area contributed by atoms with Crippen LogP contribution in [0.3, 0.4) is 0 Å². The highest BCUT2D eigenvalue weighted by Crippen LogP contribution is 2.13. The molecule has 1 heteroatoms. The second kappa shape index (κ2) is 6.14. The van der Waals surface area contributed by atoms with Crippen molar-refractivity contribution < 1.29 is 4.39 Å². The number of hydrogen-bond donors (Lipinski definition) is 0. The molecule has 0 aromatic carbocycles. The van der Waals surface area contributed by atoms with E-state index in [1.165, 1.54) is 6.42 Å². The smallest absolute Gasteiger partial charge is 0.122 e. The lowest BCUT2D eigenvalue weighted by Gasteiger charge is -2.05. The molecular formula is C10H17F. The van der Waals surface area contributed by atoms with Crippen molar-refractivity contribution in [2.24, 2.45) is 0 Å². The van der Waals surface area contributed by atoms with Gasteiger partial charge in [0.2, 0.25) is 0 Å². The average molecular weight is 156 g/mol. The van der Waals surface area contributed by atoms with Gasteiger partial charge in [-0.15, -0.1) is 0 Å². The maximum absolute atomic E-state index is 12.3. The predicted octanol–water partition coefficient (Wildman–Crippen LogP) is 3.65. The standard InChI is InChI=1S/C7H9F.C3H8/c1-6-3-2-4-7(8)5-6;1-3-2/h2-4,7H,5H2,1H3;3H2,1-2H3. The zero-order chi connectivity index (χ0) is 8.69. The SMILES string of the molecule is CC1=CC=CC(F)C1.CCC. The molecule has 0 aliphatic heterocycles. The van der Waals surface area contributed by atoms with E-state index in [1.54, 1.807) is 12.2 Å². The van der Waals surface area contributed by atoms with Gasteiger partial charge in [0.15, 0.2) is 0 Å². The third kappa shape index (κ3) is 5.84. The molecule has 1 aliphatic carbocycles. The fourth-order valence-corrected chi connectivity index (χ4v) is 0.784. The van der Waals surface area contributed by atoms with E-state index in [2.05, 4.69) is 13.8 Å². The molecule has 0 aromatic heterocycles. The number of hydrogen-bond acceptors (Lipinski definition) is 0. The van der Waals surface area contributed by atoms with Crippen LogP contribution in [0.1, 0.15) is 33.6 Å². The number of halogens is 1. The van der Waals surface area contributed by atoms with E-state index >= 15 is 0 Å². The Morgan fingerprint density at radius 3 is 2.36 bits per heavy atom. The summed E-state index contributed by atoms with van der Waals surface area (Å²) in [4.78, 5) is 0. The Kier molecular flexibility index (Phi) is 5.81. The van der Waals surface area contributed by atoms with E-state index in [0.29, 0.717) is 6.42 Å². The summed E-state index contributed by atoms with van der Waals surface area (Å²) < 4.78 is 12.3. The van der Waals surface area contributed by atoms with Gasteiger partial charge in [-0.2, -0.15) is 0 Å². The minimum atomic E-state index is -0.736. The van der Waals surface area contributed by atoms with Crippen molar-refractivity contribution >= 4 is 0 Å². The van der Waals surface area contributed by atoms with Gasteiger partial charge >= 0.3 is 0 Å². The highest BCUT2D eigenvalue weighted by molar-refractivity contribution is 5.18. The minimum Gasteiger partial charge on any atom is -0.243 e. The van der Waals surface area contributed by atoms with E-state index in [4.69, 9.17) is 0 Å². The second-order valence-electron chi connectivity index (χ2n) is 2.83. The summed E-state index contributed by atoms with van der Waals surface area (Å²) in [5, 5.41) is 0. The van der Waals surface area contributed by atoms with Crippen LogP contribution in [0.25, 0.3) is 0 Å². The van der Waals surface area contributed by atoms with E-state index < -0.39 is 6.17 Å². The van der Waals surface area contributed by atoms with Gasteiger partial charge in [-0.25, -0.2) is 4.39 Å². The molecule has 0 radical (unpaired) electrons. The van der Waals surface area contributed by atoms with Gasteiger partial charge in [-0.1, -0.05) is 44.1 Å². The normalized spacial score (nSPS) is 21.8. The molecule has 0 fully saturated rings. The molecule has 0 N–H and O–H groups in total. The van der Waals surface area contributed by atoms with Crippen molar-refractivity contribution in [1.82, 2.24) is 0 Å². The summed E-state index contributed by atoms with van der Waals surface area (Å²) in [5.74, 6) is 0. The Balaban J connectivity index is 0.000000292. The van der Waals surface area contributed by atoms with E-state index in [-0.39, 0.29) is 0 Å². The van der Waals surface area contributed by atoms with Crippen LogP contribution in [0.2, 0.25) is 0 Å². The Morgan fingerprint density at radius 1 is 1.55 bits per heavy atom. The quantitative estimate of drug-likeness (QED) is 0.502. The van der Waals surface area contributed by atoms with Gasteiger partial charge in [0.25, 0.3) is 0 Å². The number of allylic oxidation sites excluding steroid dienone is 4. The number of alkyl halides is 1. The molecule has 0 bridgehead atoms. The first-order valence-electron chi connectivity index (χ1n) is 4.18. The maximum atomic E-state index is 12.3. The zero-order valence-electron chi connectivity index (χ0n) is 7.60. The van der Waals surface area contributed by atoms with Crippen LogP contribution in [0.5, 0.6) is 0 Å². The first kappa shape index (κ1) is 10.4. The van der Waals surface area contributed by atoms with Gasteiger partial charge in [-0.05, 0) is 6.92 Å². The van der Waals surface area contributed by atoms with Crippen LogP contribution in [0, 0.1) is 0 Å². The summed E-state index contributed by atoms with van der Waals surface area (Å²) in [5.41, 5.74) is 1.13. The summed E-state index contributed by atoms with van der Waals surface area (Å²) >= 11 is 0. The Morgan fingerprint density at radius 2 is 2.09 bits per heavy atom. The van der Waals surface area contributed by atoms with Crippen LogP contribution < -0.4 is 0 Å². The topological polar surface area (TPSA) is 0 Å². The monoisotopic (exact) mass is 156 g/mol. The third-order valence-electron chi connectivity index (χ3n) is 1.22. The lowest BCUT2D eigenvalue weighted by atomic mass is 10.1. The average Bonchev–Trinajstić information content (AvgIpc) is 1.88. The summed E-state index contributed by atoms with van der Waals surface area (Å²) in [6.45, 7) is 6.19. The van der Waals surface area contributed by atoms with Crippen LogP contribution in [0.15, 0.2) is 23.8 Å². The van der Waals surface area contributed by atoms with Gasteiger partial charge < -0.3 is 0 Å². The first-order valence-corrected chi connectivity index (χ1v) is 4.18. The summed E-state index contributed by atoms with van der Waals surface area (Å²) in [7, 11) is 0. The van der Waals surface area contributed by atoms with Gasteiger partial charge in [0.1, 0.15) is 6.17 Å². The van der Waals surface area contributed by atoms with Crippen molar-refractivity contribution in [1.29, 1.82) is 0 Å². The molecule has 0 heterocycles. The molecule has 11 heavy (non-hydrogen) atoms. The molecule has 1 rings (SSSR count). The first-order chi connectivity index (χ1) is 5.20. The molecule has 64 valence electrons. The van der Waals surface area contributed by atoms with E-state index in [9.17, 15) is 4.39 Å². The van der Waals surface area contributed by atoms with Crippen molar-refractivity contribution in [2.45, 2.75) is 39.8 Å². The maximum Gasteiger partial charge on any atom is 0.122 e. The lowest BCUT2D eigenvalue weighted by Crippen LogP contribution is -1.98. The van der Waals surface area contributed by atoms with Gasteiger partial charge in [-0.3, -0.25) is 0 Å². The molecule has 0 amide bonds. The van der Waals surface area contributed by atoms with Crippen molar-refractivity contribution in [3.63, 3.8) is 0 Å². The minimum absolute atomic E-state index is 0.580. The van der Waals surface area contributed by atoms with E-state index in [0.717, 1.165) is 5.57 Å². The summed E-state index contributed by atoms with van der Waals surface area (Å²) in [6, 6.07) is 0. The molecular weight excluding hydrogens is 139 g/mol.